The van der Waals surface area contributed by atoms with Crippen molar-refractivity contribution in [1.29, 1.82) is 0 Å². The molecule has 0 aliphatic carbocycles. The summed E-state index contributed by atoms with van der Waals surface area (Å²) >= 11 is 6.64. The smallest absolute Gasteiger partial charge is 0.270 e. The topological polar surface area (TPSA) is 143 Å². The van der Waals surface area contributed by atoms with E-state index in [0.717, 1.165) is 11.7 Å². The first-order valence-electron chi connectivity index (χ1n) is 7.16. The number of aryl methyl sites for hydroxylation is 1. The molecule has 4 rings (SSSR count). The van der Waals surface area contributed by atoms with E-state index in [4.69, 9.17) is 18.0 Å². The highest BCUT2D eigenvalue weighted by molar-refractivity contribution is 7.89. The van der Waals surface area contributed by atoms with Crippen LogP contribution in [-0.2, 0) is 10.0 Å². The van der Waals surface area contributed by atoms with Gasteiger partial charge in [-0.3, -0.25) is 5.10 Å². The number of H-pyrrole nitrogens is 1. The molecule has 3 aromatic heterocycles. The monoisotopic (exact) mass is 421 g/mol. The predicted molar refractivity (Wildman–Crippen MR) is 97.8 cm³/mol. The zero-order valence-corrected chi connectivity index (χ0v) is 15.8. The highest BCUT2D eigenvalue weighted by Gasteiger charge is 2.21. The van der Waals surface area contributed by atoms with Crippen LogP contribution in [0.5, 0.6) is 0 Å². The van der Waals surface area contributed by atoms with Gasteiger partial charge in [0.25, 0.3) is 10.0 Å². The van der Waals surface area contributed by atoms with Gasteiger partial charge in [-0.25, -0.2) is 13.1 Å². The Morgan fingerprint density at radius 2 is 2.11 bits per heavy atom. The molecule has 0 fully saturated rings. The fraction of sp³-hybridized carbons (Fsp3) is 0.0769. The van der Waals surface area contributed by atoms with E-state index in [1.165, 1.54) is 16.8 Å². The molecule has 27 heavy (non-hydrogen) atoms. The van der Waals surface area contributed by atoms with Crippen molar-refractivity contribution >= 4 is 61.4 Å². The summed E-state index contributed by atoms with van der Waals surface area (Å²) in [5.41, 5.74) is 2.30. The van der Waals surface area contributed by atoms with Gasteiger partial charge in [0, 0.05) is 6.04 Å². The summed E-state index contributed by atoms with van der Waals surface area (Å²) in [7, 11) is -3.91. The number of aromatic amines is 1. The number of rotatable bonds is 4. The van der Waals surface area contributed by atoms with Gasteiger partial charge in [-0.1, -0.05) is 6.42 Å². The van der Waals surface area contributed by atoms with Gasteiger partial charge >= 0.3 is 0 Å². The predicted octanol–water partition coefficient (Wildman–Crippen LogP) is 2.31. The molecule has 14 heteroatoms. The number of sulfonamides is 1. The molecule has 0 saturated heterocycles. The Hall–Kier alpha value is -3.08. The zero-order valence-electron chi connectivity index (χ0n) is 13.4. The molecule has 3 heterocycles. The molecule has 0 saturated carbocycles. The first-order valence-corrected chi connectivity index (χ1v) is 9.75. The van der Waals surface area contributed by atoms with Gasteiger partial charge in [0.1, 0.15) is 21.6 Å². The quantitative estimate of drug-likeness (QED) is 0.294. The van der Waals surface area contributed by atoms with E-state index >= 15 is 0 Å². The second-order valence-electron chi connectivity index (χ2n) is 5.20. The minimum atomic E-state index is -3.91. The van der Waals surface area contributed by atoms with E-state index in [-0.39, 0.29) is 21.2 Å². The lowest BCUT2D eigenvalue weighted by Crippen LogP contribution is -2.18. The molecule has 136 valence electrons. The van der Waals surface area contributed by atoms with E-state index in [2.05, 4.69) is 34.2 Å². The molecule has 0 amide bonds. The van der Waals surface area contributed by atoms with E-state index in [1.54, 1.807) is 6.92 Å². The number of hydrogen-bond donors (Lipinski definition) is 2. The number of nitrogens with zero attached hydrogens (tertiary/aromatic N) is 7. The Bertz CT molecular complexity index is 1360. The molecule has 0 spiro atoms. The molecule has 4 aromatic rings. The molecular formula is C13H8ClN9O2S2. The molecule has 11 nitrogen and oxygen atoms in total. The van der Waals surface area contributed by atoms with Gasteiger partial charge in [-0.15, -0.1) is 15.3 Å². The number of fused-ring (bicyclic) bond motifs is 2. The van der Waals surface area contributed by atoms with E-state index in [9.17, 15) is 8.42 Å². The van der Waals surface area contributed by atoms with Gasteiger partial charge in [0.05, 0.1) is 17.4 Å². The van der Waals surface area contributed by atoms with Gasteiger partial charge in [0.2, 0.25) is 10.9 Å². The van der Waals surface area contributed by atoms with Crippen LogP contribution in [0.3, 0.4) is 0 Å². The average Bonchev–Trinajstić information content (AvgIpc) is 3.27. The highest BCUT2D eigenvalue weighted by atomic mass is 35.5. The third-order valence-corrected chi connectivity index (χ3v) is 5.50. The Morgan fingerprint density at radius 3 is 2.89 bits per heavy atom. The number of halogens is 1. The maximum Gasteiger partial charge on any atom is 0.270 e. The summed E-state index contributed by atoms with van der Waals surface area (Å²) in [5, 5.41) is 15.3. The standard InChI is InChI=1S/C13H8ClN9O2S2/c1-3-15-27(24,25)8-5-4-7(10-11(8)22-26-21-10)17-18-9-6(2)19-23-12(9)16-13(14)20-23/h1,4-5,15,19H,2H3. The average molecular weight is 422 g/mol. The van der Waals surface area contributed by atoms with Gasteiger partial charge < -0.3 is 0 Å². The summed E-state index contributed by atoms with van der Waals surface area (Å²) in [4.78, 5) is 3.98. The van der Waals surface area contributed by atoms with Crippen LogP contribution in [0.4, 0.5) is 11.4 Å². The summed E-state index contributed by atoms with van der Waals surface area (Å²) in [6.07, 6.45) is 5.03. The number of azo groups is 1. The van der Waals surface area contributed by atoms with Crippen LogP contribution in [0.2, 0.25) is 5.28 Å². The molecular weight excluding hydrogens is 414 g/mol. The van der Waals surface area contributed by atoms with Crippen molar-refractivity contribution in [2.75, 3.05) is 0 Å². The lowest BCUT2D eigenvalue weighted by Gasteiger charge is -2.03. The first-order chi connectivity index (χ1) is 12.9. The second kappa shape index (κ2) is 6.27. The number of benzene rings is 1. The van der Waals surface area contributed by atoms with Crippen LogP contribution < -0.4 is 4.72 Å². The van der Waals surface area contributed by atoms with Gasteiger partial charge in [0.15, 0.2) is 5.69 Å². The van der Waals surface area contributed by atoms with Gasteiger partial charge in [-0.2, -0.15) is 18.4 Å². The minimum Gasteiger partial charge on any atom is -0.278 e. The third kappa shape index (κ3) is 2.89. The fourth-order valence-corrected chi connectivity index (χ4v) is 4.07. The van der Waals surface area contributed by atoms with Crippen LogP contribution in [0, 0.1) is 19.4 Å². The molecule has 2 N–H and O–H groups in total. The lowest BCUT2D eigenvalue weighted by molar-refractivity contribution is 0.592. The summed E-state index contributed by atoms with van der Waals surface area (Å²) in [6, 6.07) is 4.70. The fourth-order valence-electron chi connectivity index (χ4n) is 2.38. The van der Waals surface area contributed by atoms with Crippen LogP contribution in [0.25, 0.3) is 16.7 Å². The van der Waals surface area contributed by atoms with Crippen molar-refractivity contribution in [3.05, 3.63) is 23.1 Å². The Labute approximate surface area is 160 Å². The zero-order chi connectivity index (χ0) is 19.2. The highest BCUT2D eigenvalue weighted by Crippen LogP contribution is 2.32. The molecule has 0 bridgehead atoms. The maximum absolute atomic E-state index is 12.2. The van der Waals surface area contributed by atoms with E-state index in [1.807, 2.05) is 10.8 Å². The third-order valence-electron chi connectivity index (χ3n) is 3.52. The molecule has 1 aromatic carbocycles. The first kappa shape index (κ1) is 17.3. The summed E-state index contributed by atoms with van der Waals surface area (Å²) in [6.45, 7) is 1.78. The minimum absolute atomic E-state index is 0.0689. The van der Waals surface area contributed by atoms with Crippen molar-refractivity contribution in [3.63, 3.8) is 0 Å². The molecule has 0 aliphatic rings. The molecule has 0 unspecified atom stereocenters. The van der Waals surface area contributed by atoms with Crippen molar-refractivity contribution in [2.24, 2.45) is 10.2 Å². The van der Waals surface area contributed by atoms with E-state index < -0.39 is 10.0 Å². The Balaban J connectivity index is 1.81. The lowest BCUT2D eigenvalue weighted by atomic mass is 10.3. The number of hydrogen-bond acceptors (Lipinski definition) is 9. The Kier molecular flexibility index (Phi) is 4.02. The number of aromatic nitrogens is 6. The van der Waals surface area contributed by atoms with Gasteiger partial charge in [-0.05, 0) is 30.7 Å². The molecule has 0 radical (unpaired) electrons. The number of terminal acetylenes is 1. The van der Waals surface area contributed by atoms with Crippen LogP contribution >= 0.6 is 23.3 Å². The maximum atomic E-state index is 12.2. The van der Waals surface area contributed by atoms with Crippen molar-refractivity contribution in [1.82, 2.24) is 33.3 Å². The normalized spacial score (nSPS) is 12.2. The molecule has 0 aliphatic heterocycles. The van der Waals surface area contributed by atoms with Crippen LogP contribution in [0.15, 0.2) is 27.3 Å². The SMILES string of the molecule is C#CNS(=O)(=O)c1ccc(N=Nc2c(C)[nH]n3nc(Cl)nc23)c2nsnc12. The summed E-state index contributed by atoms with van der Waals surface area (Å²) < 4.78 is 35.9. The van der Waals surface area contributed by atoms with Crippen LogP contribution in [0.1, 0.15) is 5.69 Å². The second-order valence-corrected chi connectivity index (χ2v) is 7.71. The van der Waals surface area contributed by atoms with E-state index in [0.29, 0.717) is 22.7 Å². The largest absolute Gasteiger partial charge is 0.278 e. The van der Waals surface area contributed by atoms with Crippen molar-refractivity contribution in [3.8, 4) is 12.5 Å². The number of nitrogens with one attached hydrogen (secondary N) is 2. The molecule has 0 atom stereocenters. The van der Waals surface area contributed by atoms with Crippen molar-refractivity contribution < 1.29 is 8.42 Å². The van der Waals surface area contributed by atoms with Crippen molar-refractivity contribution in [2.45, 2.75) is 11.8 Å². The van der Waals surface area contributed by atoms with Crippen LogP contribution in [-0.4, -0.2) is 37.0 Å². The Morgan fingerprint density at radius 1 is 1.33 bits per heavy atom. The summed E-state index contributed by atoms with van der Waals surface area (Å²) in [5.74, 6) is 0.